The fraction of sp³-hybridized carbons (Fsp3) is 0.500. The minimum Gasteiger partial charge on any atom is -0.393 e. The molecule has 0 spiro atoms. The molecule has 1 aromatic carbocycles. The van der Waals surface area contributed by atoms with Crippen molar-refractivity contribution < 1.29 is 9.90 Å². The Morgan fingerprint density at radius 2 is 2.12 bits per heavy atom. The molecule has 0 aromatic heterocycles. The van der Waals surface area contributed by atoms with Gasteiger partial charge in [-0.1, -0.05) is 24.3 Å². The van der Waals surface area contributed by atoms with E-state index in [-0.39, 0.29) is 5.91 Å². The van der Waals surface area contributed by atoms with Crippen LogP contribution < -0.4 is 5.32 Å². The van der Waals surface area contributed by atoms with Crippen molar-refractivity contribution >= 4 is 5.91 Å². The van der Waals surface area contributed by atoms with Crippen LogP contribution in [-0.4, -0.2) is 23.7 Å². The van der Waals surface area contributed by atoms with Crippen LogP contribution >= 0.6 is 0 Å². The van der Waals surface area contributed by atoms with Gasteiger partial charge in [0.15, 0.2) is 0 Å². The van der Waals surface area contributed by atoms with E-state index in [0.717, 1.165) is 6.42 Å². The molecule has 0 radical (unpaired) electrons. The van der Waals surface area contributed by atoms with Crippen molar-refractivity contribution in [1.29, 1.82) is 0 Å². The fourth-order valence-electron chi connectivity index (χ4n) is 1.66. The molecule has 0 aliphatic carbocycles. The Morgan fingerprint density at radius 1 is 1.41 bits per heavy atom. The van der Waals surface area contributed by atoms with E-state index in [2.05, 4.69) is 24.4 Å². The van der Waals surface area contributed by atoms with Crippen molar-refractivity contribution in [2.24, 2.45) is 0 Å². The van der Waals surface area contributed by atoms with Gasteiger partial charge in [0.25, 0.3) is 0 Å². The molecule has 0 bridgehead atoms. The third-order valence-corrected chi connectivity index (χ3v) is 2.77. The van der Waals surface area contributed by atoms with Gasteiger partial charge in [0.2, 0.25) is 5.91 Å². The average Bonchev–Trinajstić information content (AvgIpc) is 2.29. The van der Waals surface area contributed by atoms with Gasteiger partial charge in [-0.15, -0.1) is 0 Å². The first kappa shape index (κ1) is 13.7. The van der Waals surface area contributed by atoms with Crippen molar-refractivity contribution in [3.63, 3.8) is 0 Å². The zero-order chi connectivity index (χ0) is 12.7. The molecule has 3 heteroatoms. The molecule has 17 heavy (non-hydrogen) atoms. The molecule has 1 atom stereocenters. The molecule has 1 rings (SSSR count). The third-order valence-electron chi connectivity index (χ3n) is 2.77. The van der Waals surface area contributed by atoms with Crippen molar-refractivity contribution in [3.8, 4) is 0 Å². The van der Waals surface area contributed by atoms with E-state index >= 15 is 0 Å². The lowest BCUT2D eigenvalue weighted by Gasteiger charge is -2.08. The quantitative estimate of drug-likeness (QED) is 0.790. The molecule has 2 N–H and O–H groups in total. The van der Waals surface area contributed by atoms with Crippen molar-refractivity contribution in [3.05, 3.63) is 35.4 Å². The fourth-order valence-corrected chi connectivity index (χ4v) is 1.66. The third kappa shape index (κ3) is 5.50. The molecule has 0 aliphatic heterocycles. The van der Waals surface area contributed by atoms with Gasteiger partial charge in [0.05, 0.1) is 6.10 Å². The van der Waals surface area contributed by atoms with Crippen LogP contribution in [-0.2, 0) is 11.2 Å². The van der Waals surface area contributed by atoms with E-state index in [1.807, 2.05) is 12.1 Å². The number of aliphatic hydroxyl groups excluding tert-OH is 1. The lowest BCUT2D eigenvalue weighted by molar-refractivity contribution is -0.121. The number of benzene rings is 1. The second-order valence-electron chi connectivity index (χ2n) is 4.41. The van der Waals surface area contributed by atoms with Crippen LogP contribution in [0.25, 0.3) is 0 Å². The monoisotopic (exact) mass is 235 g/mol. The van der Waals surface area contributed by atoms with E-state index in [9.17, 15) is 4.79 Å². The molecule has 94 valence electrons. The summed E-state index contributed by atoms with van der Waals surface area (Å²) in [7, 11) is 0. The summed E-state index contributed by atoms with van der Waals surface area (Å²) >= 11 is 0. The lowest BCUT2D eigenvalue weighted by atomic mass is 10.1. The number of aryl methyl sites for hydroxylation is 1. The highest BCUT2D eigenvalue weighted by atomic mass is 16.3. The van der Waals surface area contributed by atoms with Crippen molar-refractivity contribution in [2.45, 2.75) is 39.2 Å². The predicted octanol–water partition coefficient (Wildman–Crippen LogP) is 1.81. The zero-order valence-electron chi connectivity index (χ0n) is 10.6. The Hall–Kier alpha value is -1.35. The maximum atomic E-state index is 11.4. The summed E-state index contributed by atoms with van der Waals surface area (Å²) < 4.78 is 0. The Bertz CT molecular complexity index is 361. The lowest BCUT2D eigenvalue weighted by Crippen LogP contribution is -2.26. The average molecular weight is 235 g/mol. The van der Waals surface area contributed by atoms with Gasteiger partial charge >= 0.3 is 0 Å². The van der Waals surface area contributed by atoms with Crippen LogP contribution in [0.4, 0.5) is 0 Å². The summed E-state index contributed by atoms with van der Waals surface area (Å²) in [6, 6.07) is 8.18. The molecule has 0 saturated heterocycles. The Balaban J connectivity index is 2.24. The summed E-state index contributed by atoms with van der Waals surface area (Å²) in [6.45, 7) is 4.43. The van der Waals surface area contributed by atoms with E-state index in [0.29, 0.717) is 19.4 Å². The van der Waals surface area contributed by atoms with Crippen LogP contribution in [0.1, 0.15) is 30.9 Å². The van der Waals surface area contributed by atoms with Crippen molar-refractivity contribution in [2.75, 3.05) is 6.54 Å². The van der Waals surface area contributed by atoms with E-state index < -0.39 is 6.10 Å². The van der Waals surface area contributed by atoms with Gasteiger partial charge in [-0.25, -0.2) is 0 Å². The van der Waals surface area contributed by atoms with Crippen LogP contribution in [0.3, 0.4) is 0 Å². The Kier molecular flexibility index (Phi) is 5.70. The van der Waals surface area contributed by atoms with Crippen LogP contribution in [0.5, 0.6) is 0 Å². The normalized spacial score (nSPS) is 12.2. The summed E-state index contributed by atoms with van der Waals surface area (Å²) in [5, 5.41) is 11.9. The predicted molar refractivity (Wildman–Crippen MR) is 68.8 cm³/mol. The van der Waals surface area contributed by atoms with Crippen molar-refractivity contribution in [1.82, 2.24) is 5.32 Å². The number of carbonyl (C=O) groups excluding carboxylic acids is 1. The van der Waals surface area contributed by atoms with Gasteiger partial charge in [0, 0.05) is 13.0 Å². The maximum Gasteiger partial charge on any atom is 0.220 e. The SMILES string of the molecule is Cc1ccccc1CCNC(=O)CCC(C)O. The summed E-state index contributed by atoms with van der Waals surface area (Å²) in [4.78, 5) is 11.4. The number of amides is 1. The van der Waals surface area contributed by atoms with E-state index in [1.165, 1.54) is 11.1 Å². The zero-order valence-corrected chi connectivity index (χ0v) is 10.6. The number of hydrogen-bond acceptors (Lipinski definition) is 2. The highest BCUT2D eigenvalue weighted by Gasteiger charge is 2.04. The number of carbonyl (C=O) groups is 1. The van der Waals surface area contributed by atoms with Crippen LogP contribution in [0.2, 0.25) is 0 Å². The molecule has 0 heterocycles. The second kappa shape index (κ2) is 7.07. The number of aliphatic hydroxyl groups is 1. The topological polar surface area (TPSA) is 49.3 Å². The summed E-state index contributed by atoms with van der Waals surface area (Å²) in [5.41, 5.74) is 2.52. The molecular weight excluding hydrogens is 214 g/mol. The number of nitrogens with one attached hydrogen (secondary N) is 1. The molecule has 3 nitrogen and oxygen atoms in total. The maximum absolute atomic E-state index is 11.4. The second-order valence-corrected chi connectivity index (χ2v) is 4.41. The standard InChI is InChI=1S/C14H21NO2/c1-11-5-3-4-6-13(11)9-10-15-14(17)8-7-12(2)16/h3-6,12,16H,7-10H2,1-2H3,(H,15,17). The van der Waals surface area contributed by atoms with Gasteiger partial charge in [-0.3, -0.25) is 4.79 Å². The van der Waals surface area contributed by atoms with E-state index in [1.54, 1.807) is 6.92 Å². The molecule has 1 amide bonds. The molecular formula is C14H21NO2. The Labute approximate surface area is 103 Å². The van der Waals surface area contributed by atoms with Crippen LogP contribution in [0.15, 0.2) is 24.3 Å². The largest absolute Gasteiger partial charge is 0.393 e. The van der Waals surface area contributed by atoms with Gasteiger partial charge in [-0.2, -0.15) is 0 Å². The van der Waals surface area contributed by atoms with Gasteiger partial charge in [-0.05, 0) is 37.8 Å². The first-order valence-electron chi connectivity index (χ1n) is 6.09. The first-order chi connectivity index (χ1) is 8.09. The molecule has 0 fully saturated rings. The number of rotatable bonds is 6. The Morgan fingerprint density at radius 3 is 2.76 bits per heavy atom. The smallest absolute Gasteiger partial charge is 0.220 e. The summed E-state index contributed by atoms with van der Waals surface area (Å²) in [6.07, 6.45) is 1.37. The number of hydrogen-bond donors (Lipinski definition) is 2. The summed E-state index contributed by atoms with van der Waals surface area (Å²) in [5.74, 6) is 0.0134. The minimum atomic E-state index is -0.405. The highest BCUT2D eigenvalue weighted by Crippen LogP contribution is 2.06. The first-order valence-corrected chi connectivity index (χ1v) is 6.09. The molecule has 1 unspecified atom stereocenters. The molecule has 1 aromatic rings. The minimum absolute atomic E-state index is 0.0134. The molecule has 0 saturated carbocycles. The van der Waals surface area contributed by atoms with Gasteiger partial charge < -0.3 is 10.4 Å². The van der Waals surface area contributed by atoms with Gasteiger partial charge in [0.1, 0.15) is 0 Å². The highest BCUT2D eigenvalue weighted by molar-refractivity contribution is 5.75. The van der Waals surface area contributed by atoms with E-state index in [4.69, 9.17) is 5.11 Å². The molecule has 0 aliphatic rings. The van der Waals surface area contributed by atoms with Crippen LogP contribution in [0, 0.1) is 6.92 Å².